The van der Waals surface area contributed by atoms with Crippen molar-refractivity contribution in [3.05, 3.63) is 80.1 Å². The molecule has 21 heteroatoms. The molecule has 1 N–H and O–H groups in total. The molecule has 266 valence electrons. The average molecular weight is 751 g/mol. The Morgan fingerprint density at radius 2 is 1.27 bits per heavy atom. The van der Waals surface area contributed by atoms with Crippen LogP contribution in [0.25, 0.3) is 0 Å². The second-order valence-electron chi connectivity index (χ2n) is 10.1. The van der Waals surface area contributed by atoms with E-state index in [0.29, 0.717) is 24.5 Å². The molecule has 4 rings (SSSR count). The van der Waals surface area contributed by atoms with Crippen LogP contribution in [0.3, 0.4) is 0 Å². The molecule has 18 nitrogen and oxygen atoms in total. The summed E-state index contributed by atoms with van der Waals surface area (Å²) in [6.07, 6.45) is 2.32. The molecule has 0 unspecified atom stereocenters. The second kappa shape index (κ2) is 21.8. The van der Waals surface area contributed by atoms with Gasteiger partial charge in [0.25, 0.3) is 0 Å². The number of carbonyl (C=O) groups is 1. The number of rotatable bonds is 17. The van der Waals surface area contributed by atoms with E-state index in [1.165, 1.54) is 6.20 Å². The van der Waals surface area contributed by atoms with Crippen LogP contribution in [0.4, 0.5) is 43.0 Å². The van der Waals surface area contributed by atoms with E-state index in [-0.39, 0.29) is 63.0 Å². The fourth-order valence-corrected chi connectivity index (χ4v) is 5.36. The smallest absolute Gasteiger partial charge is 0.548 e. The maximum absolute atomic E-state index is 10.7. The van der Waals surface area contributed by atoms with Crippen LogP contribution >= 0.6 is 22.7 Å². The van der Waals surface area contributed by atoms with E-state index in [9.17, 15) is 30.1 Å². The van der Waals surface area contributed by atoms with E-state index in [4.69, 9.17) is 9.84 Å². The molecule has 0 amide bonds. The molecule has 0 aliphatic heterocycles. The number of aliphatic hydroxyl groups is 1. The predicted molar refractivity (Wildman–Crippen MR) is 187 cm³/mol. The van der Waals surface area contributed by atoms with Gasteiger partial charge in [-0.25, -0.2) is 9.97 Å². The first-order valence-corrected chi connectivity index (χ1v) is 16.7. The van der Waals surface area contributed by atoms with Crippen molar-refractivity contribution in [1.29, 1.82) is 0 Å². The number of aliphatic carboxylic acids is 1. The van der Waals surface area contributed by atoms with Gasteiger partial charge < -0.3 is 29.5 Å². The van der Waals surface area contributed by atoms with E-state index in [0.717, 1.165) is 64.5 Å². The number of azo groups is 2. The van der Waals surface area contributed by atoms with Crippen molar-refractivity contribution in [2.24, 2.45) is 20.5 Å². The van der Waals surface area contributed by atoms with Crippen LogP contribution < -0.4 is 44.5 Å². The van der Waals surface area contributed by atoms with Crippen molar-refractivity contribution in [3.63, 3.8) is 0 Å². The van der Waals surface area contributed by atoms with Gasteiger partial charge in [-0.1, -0.05) is 0 Å². The first-order valence-electron chi connectivity index (χ1n) is 15.1. The molecule has 2 heterocycles. The molecular weight excluding hydrogens is 716 g/mol. The molecule has 0 spiro atoms. The number of benzene rings is 2. The van der Waals surface area contributed by atoms with E-state index in [2.05, 4.69) is 35.3 Å². The molecule has 0 bridgehead atoms. The third kappa shape index (κ3) is 13.7. The molecule has 0 atom stereocenters. The zero-order valence-electron chi connectivity index (χ0n) is 28.7. The number of ether oxygens (including phenoxy) is 1. The quantitative estimate of drug-likeness (QED) is 0.0539. The minimum Gasteiger partial charge on any atom is -0.548 e. The van der Waals surface area contributed by atoms with Gasteiger partial charge in [-0.3, -0.25) is 20.2 Å². The van der Waals surface area contributed by atoms with E-state index in [1.54, 1.807) is 6.07 Å². The molecule has 0 radical (unpaired) electrons. The van der Waals surface area contributed by atoms with Crippen molar-refractivity contribution < 1.29 is 59.1 Å². The van der Waals surface area contributed by atoms with Gasteiger partial charge in [-0.15, -0.1) is 20.5 Å². The zero-order valence-corrected chi connectivity index (χ0v) is 32.3. The number of aryl methyl sites for hydroxylation is 2. The van der Waals surface area contributed by atoms with Crippen molar-refractivity contribution in [2.75, 3.05) is 55.8 Å². The number of aromatic nitrogens is 2. The topological polar surface area (TPSA) is 238 Å². The van der Waals surface area contributed by atoms with Crippen LogP contribution in [0.2, 0.25) is 0 Å². The van der Waals surface area contributed by atoms with Gasteiger partial charge in [0.2, 0.25) is 10.3 Å². The minimum absolute atomic E-state index is 0. The molecule has 0 fully saturated rings. The number of likely N-dealkylation sites (N-methyl/N-ethyl adjacent to an activating group) is 2. The Kier molecular flexibility index (Phi) is 18.3. The number of hydrogen-bond acceptors (Lipinski definition) is 18. The van der Waals surface area contributed by atoms with Gasteiger partial charge in [0.1, 0.15) is 12.4 Å². The Hall–Kier alpha value is -4.31. The zero-order chi connectivity index (χ0) is 36.6. The van der Waals surface area contributed by atoms with Crippen LogP contribution in [0.5, 0.6) is 0 Å². The molecular formula is C30H35N10NaO8S2. The SMILES string of the molecule is CCN(CCO)c1ccc(N=Nc2ncc([N+](=O)[O-])s2)c(C)c1.CCN(CCOCC(=O)[O-])c1ccc(N=Nc2ncc([N+](=O)[O-])s2)c(C)c1.[Na+]. The summed E-state index contributed by atoms with van der Waals surface area (Å²) < 4.78 is 5.02. The number of nitro groups is 2. The van der Waals surface area contributed by atoms with E-state index in [1.807, 2.05) is 62.9 Å². The number of aliphatic hydroxyl groups excluding tert-OH is 1. The summed E-state index contributed by atoms with van der Waals surface area (Å²) in [5.41, 5.74) is 5.04. The Morgan fingerprint density at radius 3 is 1.63 bits per heavy atom. The second-order valence-corrected chi connectivity index (χ2v) is 12.1. The first-order chi connectivity index (χ1) is 23.9. The average Bonchev–Trinajstić information content (AvgIpc) is 3.77. The van der Waals surface area contributed by atoms with Crippen LogP contribution in [0, 0.1) is 34.1 Å². The number of anilines is 2. The Labute approximate surface area is 323 Å². The Balaban J connectivity index is 0.000000351. The maximum Gasteiger partial charge on any atom is 1.00 e. The third-order valence-electron chi connectivity index (χ3n) is 6.76. The summed E-state index contributed by atoms with van der Waals surface area (Å²) in [4.78, 5) is 42.4. The molecule has 2 aromatic heterocycles. The first kappa shape index (κ1) is 42.9. The molecule has 0 aliphatic rings. The summed E-state index contributed by atoms with van der Waals surface area (Å²) >= 11 is 1.73. The van der Waals surface area contributed by atoms with Crippen LogP contribution in [-0.4, -0.2) is 76.9 Å². The van der Waals surface area contributed by atoms with Gasteiger partial charge >= 0.3 is 39.6 Å². The number of thiazole rings is 2. The Morgan fingerprint density at radius 1 is 0.824 bits per heavy atom. The third-order valence-corrected chi connectivity index (χ3v) is 8.43. The number of carbonyl (C=O) groups excluding carboxylic acids is 1. The molecule has 51 heavy (non-hydrogen) atoms. The van der Waals surface area contributed by atoms with Gasteiger partial charge in [-0.2, -0.15) is 0 Å². The monoisotopic (exact) mass is 750 g/mol. The summed E-state index contributed by atoms with van der Waals surface area (Å²) in [5, 5.41) is 57.1. The molecule has 4 aromatic rings. The van der Waals surface area contributed by atoms with Crippen molar-refractivity contribution >= 4 is 71.7 Å². The fourth-order valence-electron chi connectivity index (χ4n) is 4.26. The van der Waals surface area contributed by atoms with Crippen LogP contribution in [0.1, 0.15) is 25.0 Å². The van der Waals surface area contributed by atoms with Crippen LogP contribution in [-0.2, 0) is 9.53 Å². The molecule has 2 aromatic carbocycles. The predicted octanol–water partition coefficient (Wildman–Crippen LogP) is 2.97. The Bertz CT molecular complexity index is 1820. The number of carboxylic acid groups (broad SMARTS) is 1. The van der Waals surface area contributed by atoms with Crippen molar-refractivity contribution in [3.8, 4) is 0 Å². The summed E-state index contributed by atoms with van der Waals surface area (Å²) in [5.74, 6) is -1.24. The van der Waals surface area contributed by atoms with E-state index >= 15 is 0 Å². The van der Waals surface area contributed by atoms with Crippen molar-refractivity contribution in [1.82, 2.24) is 9.97 Å². The summed E-state index contributed by atoms with van der Waals surface area (Å²) in [6.45, 7) is 10.4. The van der Waals surface area contributed by atoms with Gasteiger partial charge in [-0.05, 0) is 97.9 Å². The van der Waals surface area contributed by atoms with Gasteiger partial charge in [0, 0.05) is 37.6 Å². The van der Waals surface area contributed by atoms with Crippen molar-refractivity contribution in [2.45, 2.75) is 27.7 Å². The van der Waals surface area contributed by atoms with Crippen LogP contribution in [0.15, 0.2) is 69.2 Å². The standard InChI is InChI=1S/C16H19N5O5S.C14H17N5O3S.Na/c1-3-20(6-7-26-10-15(22)23)12-4-5-13(11(2)8-12)18-19-16-17-9-14(27-16)21(24)25;1-3-18(6-7-20)11-4-5-12(10(2)8-11)16-17-14-15-9-13(23-14)19(21)22;/h4-5,8-9H,3,6-7,10H2,1-2H3,(H,22,23);4-5,8-9,20H,3,6-7H2,1-2H3;/q;;+1/p-1. The van der Waals surface area contributed by atoms with Gasteiger partial charge in [0.15, 0.2) is 0 Å². The normalized spacial score (nSPS) is 10.8. The number of carboxylic acids is 1. The van der Waals surface area contributed by atoms with Gasteiger partial charge in [0.05, 0.1) is 47.0 Å². The largest absolute Gasteiger partial charge is 1.00 e. The number of hydrogen-bond donors (Lipinski definition) is 1. The summed E-state index contributed by atoms with van der Waals surface area (Å²) in [7, 11) is 0. The molecule has 0 aliphatic carbocycles. The number of nitrogens with zero attached hydrogens (tertiary/aromatic N) is 10. The minimum atomic E-state index is -1.24. The maximum atomic E-state index is 10.7. The van der Waals surface area contributed by atoms with E-state index < -0.39 is 22.4 Å². The molecule has 0 saturated heterocycles. The fraction of sp³-hybridized carbons (Fsp3) is 0.367. The summed E-state index contributed by atoms with van der Waals surface area (Å²) in [6, 6.07) is 11.3. The molecule has 0 saturated carbocycles.